The van der Waals surface area contributed by atoms with Gasteiger partial charge in [-0.1, -0.05) is 51.8 Å². The highest BCUT2D eigenvalue weighted by Gasteiger charge is 2.15. The van der Waals surface area contributed by atoms with Crippen LogP contribution in [0.15, 0.2) is 40.9 Å². The molecule has 3 heteroatoms. The number of halogens is 2. The van der Waals surface area contributed by atoms with Gasteiger partial charge in [-0.3, -0.25) is 0 Å². The van der Waals surface area contributed by atoms with Crippen LogP contribution in [-0.2, 0) is 19.3 Å². The molecule has 0 amide bonds. The second-order valence-electron chi connectivity index (χ2n) is 5.43. The molecule has 0 saturated heterocycles. The van der Waals surface area contributed by atoms with Gasteiger partial charge in [-0.2, -0.15) is 0 Å². The summed E-state index contributed by atoms with van der Waals surface area (Å²) in [6.45, 7) is 0. The van der Waals surface area contributed by atoms with Crippen LogP contribution < -0.4 is 5.73 Å². The van der Waals surface area contributed by atoms with Gasteiger partial charge in [-0.25, -0.2) is 0 Å². The number of rotatable bonds is 3. The van der Waals surface area contributed by atoms with Crippen LogP contribution in [0, 0.1) is 0 Å². The molecule has 20 heavy (non-hydrogen) atoms. The largest absolute Gasteiger partial charge is 0.324 e. The molecule has 1 aliphatic rings. The van der Waals surface area contributed by atoms with Gasteiger partial charge in [0.05, 0.1) is 0 Å². The molecule has 0 bridgehead atoms. The number of aryl methyl sites for hydroxylation is 2. The van der Waals surface area contributed by atoms with Gasteiger partial charge in [0, 0.05) is 15.5 Å². The molecule has 2 N–H and O–H groups in total. The Morgan fingerprint density at radius 2 is 1.90 bits per heavy atom. The topological polar surface area (TPSA) is 26.0 Å². The summed E-state index contributed by atoms with van der Waals surface area (Å²) in [5.74, 6) is 0. The second kappa shape index (κ2) is 5.88. The van der Waals surface area contributed by atoms with E-state index in [1.807, 2.05) is 18.2 Å². The van der Waals surface area contributed by atoms with E-state index in [1.54, 1.807) is 0 Å². The van der Waals surface area contributed by atoms with Crippen LogP contribution in [-0.4, -0.2) is 0 Å². The van der Waals surface area contributed by atoms with Gasteiger partial charge >= 0.3 is 0 Å². The van der Waals surface area contributed by atoms with Crippen LogP contribution in [0.2, 0.25) is 5.02 Å². The lowest BCUT2D eigenvalue weighted by Crippen LogP contribution is -2.14. The van der Waals surface area contributed by atoms with Crippen molar-refractivity contribution in [2.75, 3.05) is 0 Å². The van der Waals surface area contributed by atoms with Crippen molar-refractivity contribution in [1.29, 1.82) is 0 Å². The molecule has 1 unspecified atom stereocenters. The number of fused-ring (bicyclic) bond motifs is 1. The standard InChI is InChI=1S/C17H17BrClN/c18-15-7-6-13(16(19)10-15)9-17(20)14-5-4-11-2-1-3-12(11)8-14/h4-8,10,17H,1-3,9,20H2. The molecule has 0 aromatic heterocycles. The molecule has 1 atom stereocenters. The first-order valence-electron chi connectivity index (χ1n) is 6.94. The molecule has 1 nitrogen and oxygen atoms in total. The lowest BCUT2D eigenvalue weighted by Gasteiger charge is -2.15. The summed E-state index contributed by atoms with van der Waals surface area (Å²) in [5.41, 5.74) is 11.6. The number of hydrogen-bond donors (Lipinski definition) is 1. The Kier molecular flexibility index (Phi) is 4.16. The maximum atomic E-state index is 6.36. The van der Waals surface area contributed by atoms with Crippen molar-refractivity contribution in [3.05, 3.63) is 68.1 Å². The minimum Gasteiger partial charge on any atom is -0.324 e. The van der Waals surface area contributed by atoms with Crippen molar-refractivity contribution in [1.82, 2.24) is 0 Å². The molecule has 0 aliphatic heterocycles. The molecule has 0 radical (unpaired) electrons. The highest BCUT2D eigenvalue weighted by Crippen LogP contribution is 2.28. The quantitative estimate of drug-likeness (QED) is 0.842. The number of nitrogens with two attached hydrogens (primary N) is 1. The maximum absolute atomic E-state index is 6.36. The SMILES string of the molecule is NC(Cc1ccc(Br)cc1Cl)c1ccc2c(c1)CCC2. The molecule has 0 fully saturated rings. The normalized spacial score (nSPS) is 15.2. The summed E-state index contributed by atoms with van der Waals surface area (Å²) in [6, 6.07) is 12.7. The summed E-state index contributed by atoms with van der Waals surface area (Å²) in [5, 5.41) is 0.774. The Balaban J connectivity index is 1.80. The molecule has 1 aliphatic carbocycles. The zero-order valence-corrected chi connectivity index (χ0v) is 13.5. The van der Waals surface area contributed by atoms with Gasteiger partial charge in [-0.05, 0) is 60.1 Å². The highest BCUT2D eigenvalue weighted by molar-refractivity contribution is 9.10. The Morgan fingerprint density at radius 3 is 2.70 bits per heavy atom. The van der Waals surface area contributed by atoms with E-state index >= 15 is 0 Å². The number of benzene rings is 2. The van der Waals surface area contributed by atoms with Crippen LogP contribution in [0.1, 0.15) is 34.7 Å². The van der Waals surface area contributed by atoms with Gasteiger partial charge in [-0.15, -0.1) is 0 Å². The lowest BCUT2D eigenvalue weighted by molar-refractivity contribution is 0.720. The minimum atomic E-state index is -0.000393. The maximum Gasteiger partial charge on any atom is 0.0449 e. The lowest BCUT2D eigenvalue weighted by atomic mass is 9.96. The summed E-state index contributed by atoms with van der Waals surface area (Å²) in [6.07, 6.45) is 4.44. The fourth-order valence-electron chi connectivity index (χ4n) is 2.86. The van der Waals surface area contributed by atoms with E-state index in [2.05, 4.69) is 34.1 Å². The van der Waals surface area contributed by atoms with E-state index in [-0.39, 0.29) is 6.04 Å². The zero-order valence-electron chi connectivity index (χ0n) is 11.2. The monoisotopic (exact) mass is 349 g/mol. The summed E-state index contributed by atoms with van der Waals surface area (Å²) >= 11 is 9.69. The van der Waals surface area contributed by atoms with Crippen molar-refractivity contribution < 1.29 is 0 Å². The van der Waals surface area contributed by atoms with Crippen LogP contribution in [0.3, 0.4) is 0 Å². The van der Waals surface area contributed by atoms with Gasteiger partial charge in [0.2, 0.25) is 0 Å². The fourth-order valence-corrected chi connectivity index (χ4v) is 3.61. The minimum absolute atomic E-state index is 0.000393. The molecule has 2 aromatic rings. The predicted molar refractivity (Wildman–Crippen MR) is 88.3 cm³/mol. The second-order valence-corrected chi connectivity index (χ2v) is 6.75. The molecule has 104 valence electrons. The summed E-state index contributed by atoms with van der Waals surface area (Å²) in [4.78, 5) is 0. The van der Waals surface area contributed by atoms with E-state index in [0.717, 1.165) is 21.5 Å². The smallest absolute Gasteiger partial charge is 0.0449 e. The van der Waals surface area contributed by atoms with E-state index in [1.165, 1.54) is 36.0 Å². The molecule has 3 rings (SSSR count). The van der Waals surface area contributed by atoms with Crippen molar-refractivity contribution in [2.45, 2.75) is 31.7 Å². The van der Waals surface area contributed by atoms with Gasteiger partial charge in [0.15, 0.2) is 0 Å². The fraction of sp³-hybridized carbons (Fsp3) is 0.294. The van der Waals surface area contributed by atoms with Gasteiger partial charge in [0.25, 0.3) is 0 Å². The Labute approximate surface area is 133 Å². The van der Waals surface area contributed by atoms with Crippen LogP contribution >= 0.6 is 27.5 Å². The molecule has 0 saturated carbocycles. The van der Waals surface area contributed by atoms with Crippen molar-refractivity contribution >= 4 is 27.5 Å². The Morgan fingerprint density at radius 1 is 1.10 bits per heavy atom. The van der Waals surface area contributed by atoms with Crippen LogP contribution in [0.4, 0.5) is 0 Å². The van der Waals surface area contributed by atoms with E-state index in [0.29, 0.717) is 0 Å². The average molecular weight is 351 g/mol. The van der Waals surface area contributed by atoms with E-state index < -0.39 is 0 Å². The molecule has 0 heterocycles. The third kappa shape index (κ3) is 2.93. The van der Waals surface area contributed by atoms with Crippen LogP contribution in [0.5, 0.6) is 0 Å². The Hall–Kier alpha value is -0.830. The van der Waals surface area contributed by atoms with Crippen molar-refractivity contribution in [2.24, 2.45) is 5.73 Å². The molecule has 0 spiro atoms. The predicted octanol–water partition coefficient (Wildman–Crippen LogP) is 4.83. The van der Waals surface area contributed by atoms with Crippen LogP contribution in [0.25, 0.3) is 0 Å². The highest BCUT2D eigenvalue weighted by atomic mass is 79.9. The van der Waals surface area contributed by atoms with E-state index in [9.17, 15) is 0 Å². The number of hydrogen-bond acceptors (Lipinski definition) is 1. The van der Waals surface area contributed by atoms with E-state index in [4.69, 9.17) is 17.3 Å². The molecule has 2 aromatic carbocycles. The summed E-state index contributed by atoms with van der Waals surface area (Å²) in [7, 11) is 0. The zero-order chi connectivity index (χ0) is 14.1. The first-order valence-corrected chi connectivity index (χ1v) is 8.12. The van der Waals surface area contributed by atoms with Gasteiger partial charge in [0.1, 0.15) is 0 Å². The van der Waals surface area contributed by atoms with Crippen molar-refractivity contribution in [3.8, 4) is 0 Å². The summed E-state index contributed by atoms with van der Waals surface area (Å²) < 4.78 is 0.998. The first kappa shape index (κ1) is 14.1. The third-order valence-electron chi connectivity index (χ3n) is 4.01. The molecular weight excluding hydrogens is 334 g/mol. The average Bonchev–Trinajstić information content (AvgIpc) is 2.89. The Bertz CT molecular complexity index is 639. The molecular formula is C17H17BrClN. The third-order valence-corrected chi connectivity index (χ3v) is 4.85. The first-order chi connectivity index (χ1) is 9.63. The van der Waals surface area contributed by atoms with Crippen molar-refractivity contribution in [3.63, 3.8) is 0 Å². The van der Waals surface area contributed by atoms with Gasteiger partial charge < -0.3 is 5.73 Å².